The SMILES string of the molecule is O=C(CN1C(=O)[C@@](O)(c2cccc(F)c2)c2ccccc21)Nc1ccccc1F. The molecular formula is C22H16F2N2O3. The molecule has 2 N–H and O–H groups in total. The van der Waals surface area contributed by atoms with Crippen LogP contribution in [0.5, 0.6) is 0 Å². The molecule has 3 aromatic carbocycles. The van der Waals surface area contributed by atoms with Crippen LogP contribution in [0.1, 0.15) is 11.1 Å². The Balaban J connectivity index is 1.68. The van der Waals surface area contributed by atoms with Gasteiger partial charge >= 0.3 is 0 Å². The summed E-state index contributed by atoms with van der Waals surface area (Å²) in [6.07, 6.45) is 0. The van der Waals surface area contributed by atoms with Crippen LogP contribution in [0, 0.1) is 11.6 Å². The predicted octanol–water partition coefficient (Wildman–Crippen LogP) is 3.19. The van der Waals surface area contributed by atoms with Crippen LogP contribution in [0.3, 0.4) is 0 Å². The van der Waals surface area contributed by atoms with Gasteiger partial charge in [0.2, 0.25) is 5.91 Å². The maximum Gasteiger partial charge on any atom is 0.268 e. The second-order valence-electron chi connectivity index (χ2n) is 6.66. The Bertz CT molecular complexity index is 1120. The summed E-state index contributed by atoms with van der Waals surface area (Å²) in [7, 11) is 0. The Morgan fingerprint density at radius 1 is 1.00 bits per heavy atom. The first-order valence-electron chi connectivity index (χ1n) is 8.85. The smallest absolute Gasteiger partial charge is 0.268 e. The van der Waals surface area contributed by atoms with Crippen LogP contribution < -0.4 is 10.2 Å². The van der Waals surface area contributed by atoms with Gasteiger partial charge in [0.25, 0.3) is 5.91 Å². The molecule has 4 rings (SSSR count). The summed E-state index contributed by atoms with van der Waals surface area (Å²) in [4.78, 5) is 26.7. The van der Waals surface area contributed by atoms with Crippen molar-refractivity contribution in [3.63, 3.8) is 0 Å². The van der Waals surface area contributed by atoms with E-state index in [0.717, 1.165) is 11.0 Å². The number of hydrogen-bond acceptors (Lipinski definition) is 3. The van der Waals surface area contributed by atoms with Crippen molar-refractivity contribution < 1.29 is 23.5 Å². The normalized spacial score (nSPS) is 17.9. The number of rotatable bonds is 4. The van der Waals surface area contributed by atoms with Gasteiger partial charge in [-0.3, -0.25) is 14.5 Å². The van der Waals surface area contributed by atoms with E-state index in [4.69, 9.17) is 0 Å². The van der Waals surface area contributed by atoms with Crippen LogP contribution in [0.25, 0.3) is 0 Å². The Morgan fingerprint density at radius 2 is 1.72 bits per heavy atom. The monoisotopic (exact) mass is 394 g/mol. The average Bonchev–Trinajstić information content (AvgIpc) is 2.93. The number of amides is 2. The van der Waals surface area contributed by atoms with E-state index in [1.807, 2.05) is 0 Å². The lowest BCUT2D eigenvalue weighted by Gasteiger charge is -2.23. The van der Waals surface area contributed by atoms with Crippen molar-refractivity contribution in [2.75, 3.05) is 16.8 Å². The van der Waals surface area contributed by atoms with Gasteiger partial charge in [0.15, 0.2) is 5.60 Å². The van der Waals surface area contributed by atoms with Gasteiger partial charge in [0, 0.05) is 11.1 Å². The highest BCUT2D eigenvalue weighted by Gasteiger charge is 2.51. The molecule has 2 amide bonds. The van der Waals surface area contributed by atoms with Crippen molar-refractivity contribution >= 4 is 23.2 Å². The molecule has 0 saturated carbocycles. The molecule has 3 aromatic rings. The Labute approximate surface area is 165 Å². The number of carbonyl (C=O) groups excluding carboxylic acids is 2. The zero-order chi connectivity index (χ0) is 20.6. The number of fused-ring (bicyclic) bond motifs is 1. The molecule has 1 aliphatic heterocycles. The minimum Gasteiger partial charge on any atom is -0.372 e. The fraction of sp³-hybridized carbons (Fsp3) is 0.0909. The van der Waals surface area contributed by atoms with Crippen LogP contribution in [-0.4, -0.2) is 23.5 Å². The molecule has 1 atom stereocenters. The molecule has 0 bridgehead atoms. The van der Waals surface area contributed by atoms with Gasteiger partial charge in [-0.15, -0.1) is 0 Å². The standard InChI is InChI=1S/C22H16F2N2O3/c23-15-7-5-6-14(12-15)22(29)16-8-1-4-11-19(16)26(21(22)28)13-20(27)25-18-10-3-2-9-17(18)24/h1-12,29H,13H2,(H,25,27)/t22-/m1/s1. The van der Waals surface area contributed by atoms with Gasteiger partial charge in [-0.05, 0) is 30.3 Å². The van der Waals surface area contributed by atoms with Crippen molar-refractivity contribution in [1.82, 2.24) is 0 Å². The Kier molecular flexibility index (Phi) is 4.60. The zero-order valence-corrected chi connectivity index (χ0v) is 15.1. The molecule has 146 valence electrons. The summed E-state index contributed by atoms with van der Waals surface area (Å²) in [5, 5.41) is 13.7. The first kappa shape index (κ1) is 18.8. The fourth-order valence-corrected chi connectivity index (χ4v) is 3.48. The Hall–Kier alpha value is -3.58. The maximum atomic E-state index is 13.8. The molecule has 0 saturated heterocycles. The van der Waals surface area contributed by atoms with Crippen LogP contribution in [0.2, 0.25) is 0 Å². The first-order valence-corrected chi connectivity index (χ1v) is 8.85. The number of anilines is 2. The third-order valence-electron chi connectivity index (χ3n) is 4.83. The predicted molar refractivity (Wildman–Crippen MR) is 103 cm³/mol. The lowest BCUT2D eigenvalue weighted by atomic mass is 9.87. The zero-order valence-electron chi connectivity index (χ0n) is 15.1. The number of halogens is 2. The van der Waals surface area contributed by atoms with Gasteiger partial charge in [0.05, 0.1) is 11.4 Å². The maximum absolute atomic E-state index is 13.8. The number of carbonyl (C=O) groups is 2. The highest BCUT2D eigenvalue weighted by Crippen LogP contribution is 2.44. The van der Waals surface area contributed by atoms with E-state index in [0.29, 0.717) is 5.69 Å². The molecule has 5 nitrogen and oxygen atoms in total. The summed E-state index contributed by atoms with van der Waals surface area (Å²) in [5.74, 6) is -2.63. The lowest BCUT2D eigenvalue weighted by molar-refractivity contribution is -0.133. The number of benzene rings is 3. The molecule has 0 aromatic heterocycles. The van der Waals surface area contributed by atoms with Gasteiger partial charge < -0.3 is 10.4 Å². The quantitative estimate of drug-likeness (QED) is 0.714. The average molecular weight is 394 g/mol. The van der Waals surface area contributed by atoms with Crippen molar-refractivity contribution in [2.45, 2.75) is 5.60 Å². The second kappa shape index (κ2) is 7.10. The number of nitrogens with one attached hydrogen (secondary N) is 1. The molecule has 0 aliphatic carbocycles. The molecule has 29 heavy (non-hydrogen) atoms. The van der Waals surface area contributed by atoms with Crippen LogP contribution in [-0.2, 0) is 15.2 Å². The van der Waals surface area contributed by atoms with Crippen LogP contribution >= 0.6 is 0 Å². The molecular weight excluding hydrogens is 378 g/mol. The minimum atomic E-state index is -2.13. The lowest BCUT2D eigenvalue weighted by Crippen LogP contribution is -2.44. The third kappa shape index (κ3) is 3.15. The largest absolute Gasteiger partial charge is 0.372 e. The minimum absolute atomic E-state index is 0.0159. The van der Waals surface area contributed by atoms with Crippen molar-refractivity contribution in [3.05, 3.63) is 95.6 Å². The molecule has 1 heterocycles. The highest BCUT2D eigenvalue weighted by atomic mass is 19.1. The van der Waals surface area contributed by atoms with E-state index in [-0.39, 0.29) is 16.8 Å². The summed E-state index contributed by atoms with van der Waals surface area (Å²) in [6, 6.07) is 17.2. The summed E-state index contributed by atoms with van der Waals surface area (Å²) in [6.45, 7) is -0.443. The Morgan fingerprint density at radius 3 is 2.48 bits per heavy atom. The van der Waals surface area contributed by atoms with Gasteiger partial charge in [-0.1, -0.05) is 42.5 Å². The highest BCUT2D eigenvalue weighted by molar-refractivity contribution is 6.12. The van der Waals surface area contributed by atoms with E-state index >= 15 is 0 Å². The van der Waals surface area contributed by atoms with E-state index in [9.17, 15) is 23.5 Å². The summed E-state index contributed by atoms with van der Waals surface area (Å²) >= 11 is 0. The fourth-order valence-electron chi connectivity index (χ4n) is 3.48. The molecule has 0 fully saturated rings. The molecule has 7 heteroatoms. The van der Waals surface area contributed by atoms with Gasteiger partial charge in [-0.25, -0.2) is 8.78 Å². The molecule has 0 spiro atoms. The van der Waals surface area contributed by atoms with Gasteiger partial charge in [0.1, 0.15) is 18.2 Å². The first-order chi connectivity index (χ1) is 13.9. The van der Waals surface area contributed by atoms with E-state index in [1.165, 1.54) is 36.4 Å². The van der Waals surface area contributed by atoms with Crippen molar-refractivity contribution in [2.24, 2.45) is 0 Å². The van der Waals surface area contributed by atoms with Crippen molar-refractivity contribution in [1.29, 1.82) is 0 Å². The molecule has 1 aliphatic rings. The van der Waals surface area contributed by atoms with E-state index < -0.39 is 35.6 Å². The molecule has 0 unspecified atom stereocenters. The topological polar surface area (TPSA) is 69.6 Å². The molecule has 0 radical (unpaired) electrons. The van der Waals surface area contributed by atoms with Crippen LogP contribution in [0.15, 0.2) is 72.8 Å². The number of nitrogens with zero attached hydrogens (tertiary/aromatic N) is 1. The number of aliphatic hydroxyl groups is 1. The van der Waals surface area contributed by atoms with Gasteiger partial charge in [-0.2, -0.15) is 0 Å². The second-order valence-corrected chi connectivity index (χ2v) is 6.66. The number of hydrogen-bond donors (Lipinski definition) is 2. The number of para-hydroxylation sites is 2. The summed E-state index contributed by atoms with van der Waals surface area (Å²) < 4.78 is 27.5. The van der Waals surface area contributed by atoms with E-state index in [1.54, 1.807) is 30.3 Å². The van der Waals surface area contributed by atoms with Crippen LogP contribution in [0.4, 0.5) is 20.2 Å². The van der Waals surface area contributed by atoms with Crippen molar-refractivity contribution in [3.8, 4) is 0 Å². The third-order valence-corrected chi connectivity index (χ3v) is 4.83. The summed E-state index contributed by atoms with van der Waals surface area (Å²) in [5.41, 5.74) is -1.51. The van der Waals surface area contributed by atoms with E-state index in [2.05, 4.69) is 5.32 Å².